The second-order valence-corrected chi connectivity index (χ2v) is 7.96. The van der Waals surface area contributed by atoms with E-state index in [4.69, 9.17) is 4.52 Å². The zero-order valence-corrected chi connectivity index (χ0v) is 16.3. The summed E-state index contributed by atoms with van der Waals surface area (Å²) in [7, 11) is -1.89. The van der Waals surface area contributed by atoms with Gasteiger partial charge in [0.25, 0.3) is 0 Å². The molecule has 1 unspecified atom stereocenters. The third-order valence-electron chi connectivity index (χ3n) is 4.53. The highest BCUT2D eigenvalue weighted by Crippen LogP contribution is 2.33. The smallest absolute Gasteiger partial charge is 0.244 e. The minimum Gasteiger partial charge on any atom is -0.356 e. The molecule has 1 aliphatic rings. The van der Waals surface area contributed by atoms with E-state index in [-0.39, 0.29) is 23.3 Å². The minimum atomic E-state index is -3.76. The molecule has 1 atom stereocenters. The second kappa shape index (κ2) is 7.81. The van der Waals surface area contributed by atoms with Crippen LogP contribution in [-0.2, 0) is 17.1 Å². The van der Waals surface area contributed by atoms with Crippen molar-refractivity contribution in [3.05, 3.63) is 54.7 Å². The lowest BCUT2D eigenvalue weighted by molar-refractivity contribution is 0.258. The average molecular weight is 410 g/mol. The Kier molecular flexibility index (Phi) is 5.66. The molecule has 1 N–H and O–H groups in total. The standard InChI is InChI=1S/C17H19N5O3S.ClH/c1-21-10-9-19-17(21)14-12-18-8-11-22(14)26(23,24)16-5-3-2-4-13(16)15-6-7-20-25-15;/h2-7,9-10,14,18H,8,11-12H2,1H3;1H. The van der Waals surface area contributed by atoms with Gasteiger partial charge < -0.3 is 14.4 Å². The Labute approximate surface area is 163 Å². The van der Waals surface area contributed by atoms with Crippen molar-refractivity contribution in [1.82, 2.24) is 24.3 Å². The lowest BCUT2D eigenvalue weighted by atomic mass is 10.2. The molecule has 0 aliphatic carbocycles. The largest absolute Gasteiger partial charge is 0.356 e. The number of nitrogens with zero attached hydrogens (tertiary/aromatic N) is 4. The molecule has 10 heteroatoms. The Morgan fingerprint density at radius 2 is 2.04 bits per heavy atom. The second-order valence-electron chi connectivity index (χ2n) is 6.10. The molecule has 1 saturated heterocycles. The molecule has 2 aromatic heterocycles. The van der Waals surface area contributed by atoms with Crippen molar-refractivity contribution in [1.29, 1.82) is 0 Å². The fourth-order valence-electron chi connectivity index (χ4n) is 3.27. The van der Waals surface area contributed by atoms with Crippen molar-refractivity contribution in [2.24, 2.45) is 7.05 Å². The van der Waals surface area contributed by atoms with Crippen LogP contribution in [0.15, 0.2) is 58.3 Å². The molecule has 0 amide bonds. The Morgan fingerprint density at radius 3 is 2.74 bits per heavy atom. The normalized spacial score (nSPS) is 18.2. The van der Waals surface area contributed by atoms with Crippen LogP contribution >= 0.6 is 12.4 Å². The first-order chi connectivity index (χ1) is 12.6. The summed E-state index contributed by atoms with van der Waals surface area (Å²) >= 11 is 0. The Bertz CT molecular complexity index is 1000. The lowest BCUT2D eigenvalue weighted by Crippen LogP contribution is -2.49. The highest BCUT2D eigenvalue weighted by molar-refractivity contribution is 7.89. The van der Waals surface area contributed by atoms with E-state index in [1.165, 1.54) is 10.5 Å². The van der Waals surface area contributed by atoms with Crippen LogP contribution in [0.25, 0.3) is 11.3 Å². The van der Waals surface area contributed by atoms with Crippen molar-refractivity contribution in [3.63, 3.8) is 0 Å². The van der Waals surface area contributed by atoms with Crippen molar-refractivity contribution >= 4 is 22.4 Å². The van der Waals surface area contributed by atoms with Crippen LogP contribution in [0.4, 0.5) is 0 Å². The monoisotopic (exact) mass is 409 g/mol. The number of aryl methyl sites for hydroxylation is 1. The number of imidazole rings is 1. The van der Waals surface area contributed by atoms with E-state index in [0.29, 0.717) is 36.8 Å². The van der Waals surface area contributed by atoms with Gasteiger partial charge in [0.15, 0.2) is 5.76 Å². The maximum atomic E-state index is 13.5. The van der Waals surface area contributed by atoms with Crippen LogP contribution in [0, 0.1) is 0 Å². The van der Waals surface area contributed by atoms with Crippen molar-refractivity contribution < 1.29 is 12.9 Å². The van der Waals surface area contributed by atoms with E-state index in [2.05, 4.69) is 15.5 Å². The third kappa shape index (κ3) is 3.51. The van der Waals surface area contributed by atoms with Crippen molar-refractivity contribution in [2.75, 3.05) is 19.6 Å². The van der Waals surface area contributed by atoms with E-state index in [1.54, 1.807) is 36.5 Å². The summed E-state index contributed by atoms with van der Waals surface area (Å²) < 4.78 is 35.6. The molecule has 0 radical (unpaired) electrons. The number of aromatic nitrogens is 3. The summed E-state index contributed by atoms with van der Waals surface area (Å²) in [6, 6.07) is 8.10. The lowest BCUT2D eigenvalue weighted by Gasteiger charge is -2.35. The van der Waals surface area contributed by atoms with Gasteiger partial charge in [-0.2, -0.15) is 4.31 Å². The molecule has 0 spiro atoms. The molecule has 1 aliphatic heterocycles. The maximum Gasteiger partial charge on any atom is 0.244 e. The Morgan fingerprint density at radius 1 is 1.22 bits per heavy atom. The molecular formula is C17H20ClN5O3S. The minimum absolute atomic E-state index is 0. The van der Waals surface area contributed by atoms with Gasteiger partial charge in [0.1, 0.15) is 5.82 Å². The van der Waals surface area contributed by atoms with Crippen LogP contribution < -0.4 is 5.32 Å². The van der Waals surface area contributed by atoms with Crippen LogP contribution in [0.1, 0.15) is 11.9 Å². The van der Waals surface area contributed by atoms with E-state index in [1.807, 2.05) is 17.8 Å². The van der Waals surface area contributed by atoms with Gasteiger partial charge in [-0.3, -0.25) is 0 Å². The highest BCUT2D eigenvalue weighted by atomic mass is 35.5. The molecule has 8 nitrogen and oxygen atoms in total. The molecule has 144 valence electrons. The Hall–Kier alpha value is -2.20. The highest BCUT2D eigenvalue weighted by Gasteiger charge is 2.37. The van der Waals surface area contributed by atoms with E-state index in [9.17, 15) is 8.42 Å². The molecule has 1 fully saturated rings. The summed E-state index contributed by atoms with van der Waals surface area (Å²) in [5.74, 6) is 1.13. The molecule has 1 aromatic carbocycles. The first-order valence-corrected chi connectivity index (χ1v) is 9.73. The van der Waals surface area contributed by atoms with Gasteiger partial charge >= 0.3 is 0 Å². The zero-order chi connectivity index (χ0) is 18.1. The van der Waals surface area contributed by atoms with Gasteiger partial charge in [-0.25, -0.2) is 13.4 Å². The van der Waals surface area contributed by atoms with Crippen molar-refractivity contribution in [2.45, 2.75) is 10.9 Å². The number of halogens is 1. The van der Waals surface area contributed by atoms with Gasteiger partial charge in [-0.1, -0.05) is 17.3 Å². The van der Waals surface area contributed by atoms with Gasteiger partial charge in [0.2, 0.25) is 10.0 Å². The predicted octanol–water partition coefficient (Wildman–Crippen LogP) is 1.83. The SMILES string of the molecule is Cl.Cn1ccnc1C1CNCCN1S(=O)(=O)c1ccccc1-c1ccno1. The first-order valence-electron chi connectivity index (χ1n) is 8.29. The number of benzene rings is 1. The van der Waals surface area contributed by atoms with E-state index >= 15 is 0 Å². The van der Waals surface area contributed by atoms with Gasteiger partial charge in [0, 0.05) is 50.7 Å². The topological polar surface area (TPSA) is 93.3 Å². The van der Waals surface area contributed by atoms with Crippen LogP contribution in [0.5, 0.6) is 0 Å². The fraction of sp³-hybridized carbons (Fsp3) is 0.294. The number of nitrogens with one attached hydrogen (secondary N) is 1. The van der Waals surface area contributed by atoms with Gasteiger partial charge in [-0.15, -0.1) is 12.4 Å². The predicted molar refractivity (Wildman–Crippen MR) is 102 cm³/mol. The van der Waals surface area contributed by atoms with Crippen LogP contribution in [0.2, 0.25) is 0 Å². The van der Waals surface area contributed by atoms with Crippen LogP contribution in [-0.4, -0.2) is 47.1 Å². The van der Waals surface area contributed by atoms with E-state index in [0.717, 1.165) is 0 Å². The van der Waals surface area contributed by atoms with Crippen LogP contribution in [0.3, 0.4) is 0 Å². The number of piperazine rings is 1. The number of hydrogen-bond acceptors (Lipinski definition) is 6. The molecular weight excluding hydrogens is 390 g/mol. The zero-order valence-electron chi connectivity index (χ0n) is 14.6. The number of sulfonamides is 1. The first kappa shape index (κ1) is 19.6. The number of hydrogen-bond donors (Lipinski definition) is 1. The summed E-state index contributed by atoms with van der Waals surface area (Å²) in [6.45, 7) is 1.46. The Balaban J connectivity index is 0.00000210. The third-order valence-corrected chi connectivity index (χ3v) is 6.49. The van der Waals surface area contributed by atoms with E-state index < -0.39 is 10.0 Å². The molecule has 3 heterocycles. The maximum absolute atomic E-state index is 13.5. The summed E-state index contributed by atoms with van der Waals surface area (Å²) in [6.07, 6.45) is 4.99. The van der Waals surface area contributed by atoms with Crippen molar-refractivity contribution in [3.8, 4) is 11.3 Å². The average Bonchev–Trinajstić information content (AvgIpc) is 3.33. The van der Waals surface area contributed by atoms with Gasteiger partial charge in [-0.05, 0) is 12.1 Å². The van der Waals surface area contributed by atoms with Gasteiger partial charge in [0.05, 0.1) is 17.1 Å². The molecule has 0 saturated carbocycles. The summed E-state index contributed by atoms with van der Waals surface area (Å²) in [4.78, 5) is 4.56. The molecule has 4 rings (SSSR count). The molecule has 27 heavy (non-hydrogen) atoms. The fourth-order valence-corrected chi connectivity index (χ4v) is 5.05. The quantitative estimate of drug-likeness (QED) is 0.706. The summed E-state index contributed by atoms with van der Waals surface area (Å²) in [5.41, 5.74) is 0.502. The molecule has 0 bridgehead atoms. The summed E-state index contributed by atoms with van der Waals surface area (Å²) in [5, 5.41) is 6.95. The number of rotatable bonds is 4. The molecule has 3 aromatic rings.